The number of thiazole rings is 1. The molecule has 0 atom stereocenters. The van der Waals surface area contributed by atoms with Crippen molar-refractivity contribution < 1.29 is 14.3 Å². The van der Waals surface area contributed by atoms with E-state index in [4.69, 9.17) is 4.74 Å². The van der Waals surface area contributed by atoms with E-state index >= 15 is 0 Å². The van der Waals surface area contributed by atoms with Gasteiger partial charge in [0, 0.05) is 11.9 Å². The molecule has 5 nitrogen and oxygen atoms in total. The number of fused-ring (bicyclic) bond motifs is 1. The molecule has 128 valence electrons. The van der Waals surface area contributed by atoms with Crippen molar-refractivity contribution in [3.63, 3.8) is 0 Å². The van der Waals surface area contributed by atoms with Gasteiger partial charge in [0.25, 0.3) is 5.91 Å². The van der Waals surface area contributed by atoms with E-state index in [1.807, 2.05) is 56.3 Å². The average Bonchev–Trinajstić information content (AvgIpc) is 3.07. The molecule has 0 bridgehead atoms. The first-order chi connectivity index (χ1) is 12.1. The Hall–Kier alpha value is -2.73. The summed E-state index contributed by atoms with van der Waals surface area (Å²) in [7, 11) is 0. The Kier molecular flexibility index (Phi) is 5.09. The zero-order chi connectivity index (χ0) is 17.8. The number of likely N-dealkylation sites (N-methyl/N-ethyl adjacent to an activating group) is 1. The minimum atomic E-state index is -0.520. The Morgan fingerprint density at radius 3 is 2.64 bits per heavy atom. The number of carbonyl (C=O) groups excluding carboxylic acids is 2. The van der Waals surface area contributed by atoms with E-state index in [0.717, 1.165) is 21.5 Å². The first kappa shape index (κ1) is 17.1. The van der Waals surface area contributed by atoms with Gasteiger partial charge in [-0.05, 0) is 25.3 Å². The lowest BCUT2D eigenvalue weighted by Crippen LogP contribution is -2.34. The van der Waals surface area contributed by atoms with E-state index in [2.05, 4.69) is 4.98 Å². The fraction of sp³-hybridized carbons (Fsp3) is 0.211. The first-order valence-corrected chi connectivity index (χ1v) is 8.79. The number of anilines is 1. The molecule has 0 aliphatic heterocycles. The summed E-state index contributed by atoms with van der Waals surface area (Å²) in [6.07, 6.45) is 1.47. The van der Waals surface area contributed by atoms with Crippen LogP contribution in [0.3, 0.4) is 0 Å². The second kappa shape index (κ2) is 7.44. The van der Waals surface area contributed by atoms with Gasteiger partial charge in [-0.3, -0.25) is 4.79 Å². The quantitative estimate of drug-likeness (QED) is 0.654. The highest BCUT2D eigenvalue weighted by molar-refractivity contribution is 7.13. The fourth-order valence-electron chi connectivity index (χ4n) is 2.66. The highest BCUT2D eigenvalue weighted by Gasteiger charge is 2.19. The molecular weight excluding hydrogens is 336 g/mol. The number of carbonyl (C=O) groups is 2. The van der Waals surface area contributed by atoms with Crippen LogP contribution in [-0.2, 0) is 9.53 Å². The number of nitrogens with zero attached hydrogens (tertiary/aromatic N) is 2. The molecule has 0 aliphatic carbocycles. The summed E-state index contributed by atoms with van der Waals surface area (Å²) in [5, 5.41) is 2.83. The minimum absolute atomic E-state index is 0.256. The number of benzene rings is 2. The van der Waals surface area contributed by atoms with Crippen molar-refractivity contribution >= 4 is 39.7 Å². The van der Waals surface area contributed by atoms with Crippen LogP contribution in [0, 0.1) is 6.92 Å². The van der Waals surface area contributed by atoms with Gasteiger partial charge in [0.15, 0.2) is 6.61 Å². The van der Waals surface area contributed by atoms with Crippen LogP contribution in [0.1, 0.15) is 21.6 Å². The van der Waals surface area contributed by atoms with E-state index in [0.29, 0.717) is 11.4 Å². The summed E-state index contributed by atoms with van der Waals surface area (Å²) in [5.41, 5.74) is 0.815. The third-order valence-electron chi connectivity index (χ3n) is 3.82. The van der Waals surface area contributed by atoms with Gasteiger partial charge in [-0.25, -0.2) is 9.78 Å². The summed E-state index contributed by atoms with van der Waals surface area (Å²) in [6, 6.07) is 13.7. The number of hydrogen-bond donors (Lipinski definition) is 0. The average molecular weight is 354 g/mol. The van der Waals surface area contributed by atoms with Crippen molar-refractivity contribution in [3.05, 3.63) is 58.5 Å². The summed E-state index contributed by atoms with van der Waals surface area (Å²) in [5.74, 6) is -0.777. The summed E-state index contributed by atoms with van der Waals surface area (Å²) < 4.78 is 5.16. The van der Waals surface area contributed by atoms with Gasteiger partial charge in [-0.1, -0.05) is 36.4 Å². The van der Waals surface area contributed by atoms with Crippen LogP contribution in [0.25, 0.3) is 10.8 Å². The number of amides is 1. The maximum absolute atomic E-state index is 12.6. The SMILES string of the molecule is CCN(C(=O)COC(=O)c1cnc(C)s1)c1cccc2ccccc12. The highest BCUT2D eigenvalue weighted by Crippen LogP contribution is 2.26. The molecule has 0 aliphatic rings. The predicted molar refractivity (Wildman–Crippen MR) is 99.1 cm³/mol. The van der Waals surface area contributed by atoms with E-state index in [1.165, 1.54) is 17.5 Å². The van der Waals surface area contributed by atoms with Crippen molar-refractivity contribution in [1.82, 2.24) is 4.98 Å². The fourth-order valence-corrected chi connectivity index (χ4v) is 3.33. The van der Waals surface area contributed by atoms with E-state index in [9.17, 15) is 9.59 Å². The topological polar surface area (TPSA) is 59.5 Å². The van der Waals surface area contributed by atoms with Crippen molar-refractivity contribution in [3.8, 4) is 0 Å². The number of ether oxygens (including phenoxy) is 1. The Morgan fingerprint density at radius 1 is 1.16 bits per heavy atom. The lowest BCUT2D eigenvalue weighted by atomic mass is 10.1. The van der Waals surface area contributed by atoms with Crippen molar-refractivity contribution in [2.24, 2.45) is 0 Å². The molecular formula is C19H18N2O3S. The van der Waals surface area contributed by atoms with Crippen LogP contribution in [-0.4, -0.2) is 30.0 Å². The molecule has 0 saturated carbocycles. The van der Waals surface area contributed by atoms with Crippen LogP contribution in [0.4, 0.5) is 5.69 Å². The zero-order valence-corrected chi connectivity index (χ0v) is 14.9. The Labute approximate surface area is 149 Å². The predicted octanol–water partition coefficient (Wildman–Crippen LogP) is 3.81. The van der Waals surface area contributed by atoms with Crippen molar-refractivity contribution in [2.45, 2.75) is 13.8 Å². The number of rotatable bonds is 5. The lowest BCUT2D eigenvalue weighted by Gasteiger charge is -2.22. The first-order valence-electron chi connectivity index (χ1n) is 7.98. The van der Waals surface area contributed by atoms with Gasteiger partial charge in [-0.2, -0.15) is 0 Å². The molecule has 0 fully saturated rings. The van der Waals surface area contributed by atoms with Gasteiger partial charge < -0.3 is 9.64 Å². The summed E-state index contributed by atoms with van der Waals surface area (Å²) in [4.78, 5) is 30.6. The van der Waals surface area contributed by atoms with Crippen LogP contribution in [0.15, 0.2) is 48.7 Å². The third kappa shape index (κ3) is 3.69. The Morgan fingerprint density at radius 2 is 1.92 bits per heavy atom. The number of hydrogen-bond acceptors (Lipinski definition) is 5. The second-order valence-corrected chi connectivity index (χ2v) is 6.69. The van der Waals surface area contributed by atoms with Gasteiger partial charge in [-0.15, -0.1) is 11.3 Å². The van der Waals surface area contributed by atoms with E-state index < -0.39 is 5.97 Å². The second-order valence-electron chi connectivity index (χ2n) is 5.46. The van der Waals surface area contributed by atoms with Gasteiger partial charge in [0.2, 0.25) is 0 Å². The normalized spacial score (nSPS) is 10.6. The number of aromatic nitrogens is 1. The maximum atomic E-state index is 12.6. The molecule has 0 unspecified atom stereocenters. The van der Waals surface area contributed by atoms with Crippen LogP contribution >= 0.6 is 11.3 Å². The molecule has 0 radical (unpaired) electrons. The monoisotopic (exact) mass is 354 g/mol. The molecule has 25 heavy (non-hydrogen) atoms. The van der Waals surface area contributed by atoms with Crippen LogP contribution in [0.5, 0.6) is 0 Å². The molecule has 2 aromatic carbocycles. The Balaban J connectivity index is 1.76. The number of aryl methyl sites for hydroxylation is 1. The lowest BCUT2D eigenvalue weighted by molar-refractivity contribution is -0.121. The minimum Gasteiger partial charge on any atom is -0.451 e. The van der Waals surface area contributed by atoms with Crippen LogP contribution in [0.2, 0.25) is 0 Å². The maximum Gasteiger partial charge on any atom is 0.350 e. The van der Waals surface area contributed by atoms with Crippen molar-refractivity contribution in [2.75, 3.05) is 18.1 Å². The molecule has 1 aromatic heterocycles. The third-order valence-corrected chi connectivity index (χ3v) is 4.72. The highest BCUT2D eigenvalue weighted by atomic mass is 32.1. The van der Waals surface area contributed by atoms with Crippen molar-refractivity contribution in [1.29, 1.82) is 0 Å². The largest absolute Gasteiger partial charge is 0.451 e. The number of esters is 1. The molecule has 0 spiro atoms. The molecule has 3 rings (SSSR count). The van der Waals surface area contributed by atoms with E-state index in [1.54, 1.807) is 4.90 Å². The molecule has 1 heterocycles. The van der Waals surface area contributed by atoms with Gasteiger partial charge >= 0.3 is 5.97 Å². The van der Waals surface area contributed by atoms with Crippen LogP contribution < -0.4 is 4.90 Å². The van der Waals surface area contributed by atoms with E-state index in [-0.39, 0.29) is 12.5 Å². The Bertz CT molecular complexity index is 914. The standard InChI is InChI=1S/C19H18N2O3S/c1-3-21(16-10-6-8-14-7-4-5-9-15(14)16)18(22)12-24-19(23)17-11-20-13(2)25-17/h4-11H,3,12H2,1-2H3. The molecule has 6 heteroatoms. The smallest absolute Gasteiger partial charge is 0.350 e. The summed E-state index contributed by atoms with van der Waals surface area (Å²) in [6.45, 7) is 3.90. The molecule has 1 amide bonds. The van der Waals surface area contributed by atoms with Gasteiger partial charge in [0.05, 0.1) is 16.9 Å². The molecule has 0 N–H and O–H groups in total. The zero-order valence-electron chi connectivity index (χ0n) is 14.1. The molecule has 0 saturated heterocycles. The van der Waals surface area contributed by atoms with Gasteiger partial charge in [0.1, 0.15) is 4.88 Å². The molecule has 3 aromatic rings. The summed E-state index contributed by atoms with van der Waals surface area (Å²) >= 11 is 1.25.